The third-order valence-corrected chi connectivity index (χ3v) is 3.85. The molecule has 0 aliphatic heterocycles. The molecule has 150 valence electrons. The number of ether oxygens (including phenoxy) is 2. The molecule has 1 aromatic rings. The van der Waals surface area contributed by atoms with Crippen LogP contribution in [0.15, 0.2) is 24.3 Å². The first-order valence-electron chi connectivity index (χ1n) is 10.0. The van der Waals surface area contributed by atoms with Crippen LogP contribution < -0.4 is 5.32 Å². The van der Waals surface area contributed by atoms with Gasteiger partial charge in [-0.3, -0.25) is 0 Å². The standard InChI is InChI=1S/C23H35NO3/c1-5-26-19-13-7-6-8-14-20-15-9-10-16-21(20)17-11-12-18-24-22(25)27-23(2,3)4/h9-10,15-16H,5-8,12-14,18-19H2,1-4H3,(H,24,25). The number of hydrogen-bond donors (Lipinski definition) is 1. The average Bonchev–Trinajstić information content (AvgIpc) is 2.60. The van der Waals surface area contributed by atoms with E-state index in [1.54, 1.807) is 0 Å². The summed E-state index contributed by atoms with van der Waals surface area (Å²) in [6.07, 6.45) is 6.00. The molecule has 0 radical (unpaired) electrons. The van der Waals surface area contributed by atoms with Crippen LogP contribution in [0.3, 0.4) is 0 Å². The maximum atomic E-state index is 11.6. The molecule has 0 bridgehead atoms. The third kappa shape index (κ3) is 12.1. The van der Waals surface area contributed by atoms with Gasteiger partial charge in [-0.15, -0.1) is 0 Å². The molecule has 4 nitrogen and oxygen atoms in total. The first-order chi connectivity index (χ1) is 12.9. The van der Waals surface area contributed by atoms with Gasteiger partial charge < -0.3 is 14.8 Å². The number of alkyl carbamates (subject to hydrolysis) is 1. The van der Waals surface area contributed by atoms with Crippen LogP contribution in [0.1, 0.15) is 70.9 Å². The Bertz CT molecular complexity index is 608. The molecule has 1 rings (SSSR count). The molecule has 0 spiro atoms. The molecular formula is C23H35NO3. The van der Waals surface area contributed by atoms with Crippen molar-refractivity contribution in [3.8, 4) is 11.8 Å². The molecule has 1 aromatic carbocycles. The lowest BCUT2D eigenvalue weighted by atomic mass is 10.0. The Balaban J connectivity index is 2.33. The van der Waals surface area contributed by atoms with Gasteiger partial charge >= 0.3 is 6.09 Å². The number of carbonyl (C=O) groups excluding carboxylic acids is 1. The highest BCUT2D eigenvalue weighted by Gasteiger charge is 2.15. The zero-order valence-corrected chi connectivity index (χ0v) is 17.4. The van der Waals surface area contributed by atoms with E-state index in [1.807, 2.05) is 33.8 Å². The van der Waals surface area contributed by atoms with Crippen LogP contribution in [0.2, 0.25) is 0 Å². The van der Waals surface area contributed by atoms with E-state index in [9.17, 15) is 4.79 Å². The summed E-state index contributed by atoms with van der Waals surface area (Å²) in [5, 5.41) is 2.73. The van der Waals surface area contributed by atoms with Crippen molar-refractivity contribution in [3.63, 3.8) is 0 Å². The predicted molar refractivity (Wildman–Crippen MR) is 111 cm³/mol. The van der Waals surface area contributed by atoms with Gasteiger partial charge in [-0.2, -0.15) is 0 Å². The Morgan fingerprint density at radius 3 is 2.59 bits per heavy atom. The summed E-state index contributed by atoms with van der Waals surface area (Å²) in [7, 11) is 0. The van der Waals surface area contributed by atoms with E-state index in [0.29, 0.717) is 13.0 Å². The van der Waals surface area contributed by atoms with Crippen LogP contribution in [0.5, 0.6) is 0 Å². The highest BCUT2D eigenvalue weighted by Crippen LogP contribution is 2.12. The van der Waals surface area contributed by atoms with Crippen LogP contribution in [-0.4, -0.2) is 31.5 Å². The van der Waals surface area contributed by atoms with E-state index in [0.717, 1.165) is 31.6 Å². The minimum absolute atomic E-state index is 0.394. The molecule has 0 aliphatic carbocycles. The van der Waals surface area contributed by atoms with Crippen molar-refractivity contribution in [2.24, 2.45) is 0 Å². The molecule has 0 aromatic heterocycles. The van der Waals surface area contributed by atoms with Gasteiger partial charge in [0.15, 0.2) is 0 Å². The summed E-state index contributed by atoms with van der Waals surface area (Å²) in [6.45, 7) is 9.75. The summed E-state index contributed by atoms with van der Waals surface area (Å²) in [6, 6.07) is 8.32. The Kier molecular flexibility index (Phi) is 11.3. The van der Waals surface area contributed by atoms with E-state index in [-0.39, 0.29) is 0 Å². The Labute approximate surface area is 165 Å². The second kappa shape index (κ2) is 13.2. The summed E-state index contributed by atoms with van der Waals surface area (Å²) in [4.78, 5) is 11.6. The molecule has 1 N–H and O–H groups in total. The molecule has 27 heavy (non-hydrogen) atoms. The molecule has 0 saturated carbocycles. The van der Waals surface area contributed by atoms with Crippen LogP contribution in [-0.2, 0) is 15.9 Å². The van der Waals surface area contributed by atoms with Crippen molar-refractivity contribution < 1.29 is 14.3 Å². The normalized spacial score (nSPS) is 10.8. The molecule has 0 saturated heterocycles. The van der Waals surface area contributed by atoms with Gasteiger partial charge in [-0.25, -0.2) is 4.79 Å². The molecule has 0 fully saturated rings. The Hall–Kier alpha value is -1.99. The Morgan fingerprint density at radius 2 is 1.85 bits per heavy atom. The van der Waals surface area contributed by atoms with E-state index < -0.39 is 11.7 Å². The predicted octanol–water partition coefficient (Wildman–Crippen LogP) is 5.09. The lowest BCUT2D eigenvalue weighted by Crippen LogP contribution is -2.32. The topological polar surface area (TPSA) is 47.6 Å². The van der Waals surface area contributed by atoms with Crippen molar-refractivity contribution in [3.05, 3.63) is 35.4 Å². The second-order valence-electron chi connectivity index (χ2n) is 7.50. The quantitative estimate of drug-likeness (QED) is 0.459. The summed E-state index contributed by atoms with van der Waals surface area (Å²) in [5.74, 6) is 6.39. The van der Waals surface area contributed by atoms with Gasteiger partial charge in [0, 0.05) is 31.7 Å². The van der Waals surface area contributed by atoms with Gasteiger partial charge in [0.1, 0.15) is 5.60 Å². The molecule has 0 unspecified atom stereocenters. The minimum atomic E-state index is -0.474. The largest absolute Gasteiger partial charge is 0.444 e. The van der Waals surface area contributed by atoms with Gasteiger partial charge in [-0.05, 0) is 58.6 Å². The molecule has 4 heteroatoms. The number of unbranched alkanes of at least 4 members (excludes halogenated alkanes) is 3. The van der Waals surface area contributed by atoms with E-state index >= 15 is 0 Å². The molecule has 1 amide bonds. The second-order valence-corrected chi connectivity index (χ2v) is 7.50. The zero-order valence-electron chi connectivity index (χ0n) is 17.4. The number of rotatable bonds is 10. The van der Waals surface area contributed by atoms with Crippen molar-refractivity contribution in [1.29, 1.82) is 0 Å². The van der Waals surface area contributed by atoms with Crippen LogP contribution in [0.4, 0.5) is 4.79 Å². The fourth-order valence-corrected chi connectivity index (χ4v) is 2.58. The highest BCUT2D eigenvalue weighted by molar-refractivity contribution is 5.67. The molecule has 0 aliphatic rings. The van der Waals surface area contributed by atoms with Gasteiger partial charge in [0.25, 0.3) is 0 Å². The van der Waals surface area contributed by atoms with Gasteiger partial charge in [-0.1, -0.05) is 42.9 Å². The van der Waals surface area contributed by atoms with Gasteiger partial charge in [0.05, 0.1) is 0 Å². The van der Waals surface area contributed by atoms with Crippen molar-refractivity contribution in [2.45, 2.75) is 71.8 Å². The number of nitrogens with one attached hydrogen (secondary N) is 1. The maximum Gasteiger partial charge on any atom is 0.407 e. The maximum absolute atomic E-state index is 11.6. The summed E-state index contributed by atoms with van der Waals surface area (Å²) in [5.41, 5.74) is 1.91. The Morgan fingerprint density at radius 1 is 1.11 bits per heavy atom. The lowest BCUT2D eigenvalue weighted by Gasteiger charge is -2.19. The van der Waals surface area contributed by atoms with Crippen LogP contribution in [0.25, 0.3) is 0 Å². The van der Waals surface area contributed by atoms with E-state index in [2.05, 4.69) is 35.4 Å². The zero-order chi connectivity index (χ0) is 20.0. The first kappa shape index (κ1) is 23.0. The number of hydrogen-bond acceptors (Lipinski definition) is 3. The average molecular weight is 374 g/mol. The van der Waals surface area contributed by atoms with E-state index in [1.165, 1.54) is 24.8 Å². The van der Waals surface area contributed by atoms with Crippen molar-refractivity contribution in [1.82, 2.24) is 5.32 Å². The van der Waals surface area contributed by atoms with Crippen LogP contribution in [0, 0.1) is 11.8 Å². The minimum Gasteiger partial charge on any atom is -0.444 e. The highest BCUT2D eigenvalue weighted by atomic mass is 16.6. The van der Waals surface area contributed by atoms with E-state index in [4.69, 9.17) is 9.47 Å². The lowest BCUT2D eigenvalue weighted by molar-refractivity contribution is 0.0529. The molecular weight excluding hydrogens is 338 g/mol. The van der Waals surface area contributed by atoms with Gasteiger partial charge in [0.2, 0.25) is 0 Å². The number of carbonyl (C=O) groups is 1. The molecule has 0 heterocycles. The number of aryl methyl sites for hydroxylation is 1. The van der Waals surface area contributed by atoms with Crippen molar-refractivity contribution in [2.75, 3.05) is 19.8 Å². The van der Waals surface area contributed by atoms with Crippen molar-refractivity contribution >= 4 is 6.09 Å². The fraction of sp³-hybridized carbons (Fsp3) is 0.609. The summed E-state index contributed by atoms with van der Waals surface area (Å²) < 4.78 is 10.6. The van der Waals surface area contributed by atoms with Crippen LogP contribution >= 0.6 is 0 Å². The SMILES string of the molecule is CCOCCCCCCc1ccccc1C#CCCNC(=O)OC(C)(C)C. The number of amides is 1. The third-order valence-electron chi connectivity index (χ3n) is 3.85. The fourth-order valence-electron chi connectivity index (χ4n) is 2.58. The number of benzene rings is 1. The monoisotopic (exact) mass is 373 g/mol. The first-order valence-corrected chi connectivity index (χ1v) is 10.0. The molecule has 0 atom stereocenters. The summed E-state index contributed by atoms with van der Waals surface area (Å²) >= 11 is 0. The smallest absolute Gasteiger partial charge is 0.407 e.